The highest BCUT2D eigenvalue weighted by atomic mass is 32.1. The van der Waals surface area contributed by atoms with Gasteiger partial charge in [0.25, 0.3) is 5.91 Å². The number of nitrogens with two attached hydrogens (primary N) is 1. The standard InChI is InChI=1S/C16H12N2O2S/c17-15(21)11-6-1-3-7-13(11)18-16(19)12-9-20-14-8-4-2-5-10(12)14/h1-9H,(H2,17,21)(H,18,19). The van der Waals surface area contributed by atoms with Gasteiger partial charge in [-0.3, -0.25) is 4.79 Å². The van der Waals surface area contributed by atoms with E-state index < -0.39 is 0 Å². The molecule has 2 aromatic carbocycles. The Kier molecular flexibility index (Phi) is 3.41. The van der Waals surface area contributed by atoms with Gasteiger partial charge >= 0.3 is 0 Å². The summed E-state index contributed by atoms with van der Waals surface area (Å²) in [5.41, 5.74) is 8.02. The number of para-hydroxylation sites is 2. The molecule has 21 heavy (non-hydrogen) atoms. The number of hydrogen-bond acceptors (Lipinski definition) is 3. The van der Waals surface area contributed by atoms with Crippen LogP contribution in [0.4, 0.5) is 5.69 Å². The van der Waals surface area contributed by atoms with Crippen LogP contribution in [0.5, 0.6) is 0 Å². The Morgan fingerprint density at radius 2 is 1.76 bits per heavy atom. The van der Waals surface area contributed by atoms with Gasteiger partial charge in [-0.25, -0.2) is 0 Å². The van der Waals surface area contributed by atoms with Crippen molar-refractivity contribution in [1.82, 2.24) is 0 Å². The van der Waals surface area contributed by atoms with E-state index in [1.807, 2.05) is 36.4 Å². The normalized spacial score (nSPS) is 10.5. The van der Waals surface area contributed by atoms with Crippen molar-refractivity contribution in [3.05, 3.63) is 65.9 Å². The Morgan fingerprint density at radius 1 is 1.05 bits per heavy atom. The summed E-state index contributed by atoms with van der Waals surface area (Å²) < 4.78 is 5.37. The number of amides is 1. The van der Waals surface area contributed by atoms with Gasteiger partial charge in [0.1, 0.15) is 16.8 Å². The van der Waals surface area contributed by atoms with Crippen LogP contribution < -0.4 is 11.1 Å². The van der Waals surface area contributed by atoms with Crippen molar-refractivity contribution in [2.24, 2.45) is 5.73 Å². The van der Waals surface area contributed by atoms with Gasteiger partial charge in [0.05, 0.1) is 11.3 Å². The lowest BCUT2D eigenvalue weighted by Crippen LogP contribution is -2.17. The fraction of sp³-hybridized carbons (Fsp3) is 0. The number of furan rings is 1. The van der Waals surface area contributed by atoms with Crippen molar-refractivity contribution in [2.75, 3.05) is 5.32 Å². The van der Waals surface area contributed by atoms with E-state index >= 15 is 0 Å². The first-order chi connectivity index (χ1) is 10.2. The lowest BCUT2D eigenvalue weighted by molar-refractivity contribution is 0.102. The molecule has 0 aliphatic heterocycles. The van der Waals surface area contributed by atoms with Crippen LogP contribution in [-0.2, 0) is 0 Å². The Morgan fingerprint density at radius 3 is 2.57 bits per heavy atom. The molecule has 0 spiro atoms. The quantitative estimate of drug-likeness (QED) is 0.728. The number of rotatable bonds is 3. The van der Waals surface area contributed by atoms with E-state index in [1.54, 1.807) is 12.1 Å². The average molecular weight is 296 g/mol. The van der Waals surface area contributed by atoms with E-state index in [9.17, 15) is 4.79 Å². The average Bonchev–Trinajstić information content (AvgIpc) is 2.91. The molecule has 0 unspecified atom stereocenters. The minimum atomic E-state index is -0.261. The first kappa shape index (κ1) is 13.3. The van der Waals surface area contributed by atoms with E-state index in [1.165, 1.54) is 6.26 Å². The van der Waals surface area contributed by atoms with E-state index in [4.69, 9.17) is 22.4 Å². The second-order valence-electron chi connectivity index (χ2n) is 4.51. The minimum Gasteiger partial charge on any atom is -0.463 e. The van der Waals surface area contributed by atoms with Gasteiger partial charge in [0, 0.05) is 10.9 Å². The van der Waals surface area contributed by atoms with Gasteiger partial charge in [-0.05, 0) is 18.2 Å². The predicted molar refractivity (Wildman–Crippen MR) is 86.5 cm³/mol. The molecule has 4 nitrogen and oxygen atoms in total. The van der Waals surface area contributed by atoms with Crippen molar-refractivity contribution in [1.29, 1.82) is 0 Å². The summed E-state index contributed by atoms with van der Waals surface area (Å²) in [5.74, 6) is -0.261. The van der Waals surface area contributed by atoms with Gasteiger partial charge in [-0.15, -0.1) is 0 Å². The Hall–Kier alpha value is -2.66. The molecule has 0 saturated heterocycles. The molecular weight excluding hydrogens is 284 g/mol. The summed E-state index contributed by atoms with van der Waals surface area (Å²) >= 11 is 4.99. The maximum atomic E-state index is 12.4. The molecule has 3 aromatic rings. The van der Waals surface area contributed by atoms with E-state index in [0.29, 0.717) is 22.4 Å². The molecule has 5 heteroatoms. The molecule has 1 aromatic heterocycles. The van der Waals surface area contributed by atoms with Crippen LogP contribution in [0, 0.1) is 0 Å². The number of anilines is 1. The van der Waals surface area contributed by atoms with Crippen molar-refractivity contribution in [2.45, 2.75) is 0 Å². The number of carbonyl (C=O) groups excluding carboxylic acids is 1. The Bertz CT molecular complexity index is 839. The van der Waals surface area contributed by atoms with E-state index in [0.717, 1.165) is 5.39 Å². The maximum absolute atomic E-state index is 12.4. The van der Waals surface area contributed by atoms with Gasteiger partial charge in [-0.1, -0.05) is 42.5 Å². The predicted octanol–water partition coefficient (Wildman–Crippen LogP) is 3.32. The first-order valence-electron chi connectivity index (χ1n) is 6.33. The molecule has 0 bridgehead atoms. The highest BCUT2D eigenvalue weighted by Crippen LogP contribution is 2.23. The van der Waals surface area contributed by atoms with Crippen LogP contribution in [0.15, 0.2) is 59.2 Å². The second kappa shape index (κ2) is 5.38. The van der Waals surface area contributed by atoms with Crippen LogP contribution in [-0.4, -0.2) is 10.9 Å². The summed E-state index contributed by atoms with van der Waals surface area (Å²) in [7, 11) is 0. The first-order valence-corrected chi connectivity index (χ1v) is 6.74. The SMILES string of the molecule is NC(=S)c1ccccc1NC(=O)c1coc2ccccc12. The highest BCUT2D eigenvalue weighted by molar-refractivity contribution is 7.80. The number of thiocarbonyl (C=S) groups is 1. The largest absolute Gasteiger partial charge is 0.463 e. The fourth-order valence-corrected chi connectivity index (χ4v) is 2.33. The number of benzene rings is 2. The minimum absolute atomic E-state index is 0.239. The molecular formula is C16H12N2O2S. The van der Waals surface area contributed by atoms with Crippen molar-refractivity contribution in [3.63, 3.8) is 0 Å². The zero-order valence-corrected chi connectivity index (χ0v) is 11.8. The third kappa shape index (κ3) is 2.51. The van der Waals surface area contributed by atoms with Crippen molar-refractivity contribution < 1.29 is 9.21 Å². The van der Waals surface area contributed by atoms with Crippen molar-refractivity contribution in [3.8, 4) is 0 Å². The third-order valence-corrected chi connectivity index (χ3v) is 3.39. The van der Waals surface area contributed by atoms with Crippen LogP contribution in [0.2, 0.25) is 0 Å². The van der Waals surface area contributed by atoms with Crippen LogP contribution in [0.1, 0.15) is 15.9 Å². The monoisotopic (exact) mass is 296 g/mol. The summed E-state index contributed by atoms with van der Waals surface area (Å²) in [4.78, 5) is 12.6. The van der Waals surface area contributed by atoms with Crippen LogP contribution in [0.25, 0.3) is 11.0 Å². The Balaban J connectivity index is 1.96. The molecule has 0 saturated carbocycles. The van der Waals surface area contributed by atoms with E-state index in [2.05, 4.69) is 5.32 Å². The molecule has 1 heterocycles. The fourth-order valence-electron chi connectivity index (χ4n) is 2.15. The number of hydrogen-bond donors (Lipinski definition) is 2. The molecule has 0 fully saturated rings. The molecule has 0 atom stereocenters. The lowest BCUT2D eigenvalue weighted by atomic mass is 10.1. The van der Waals surface area contributed by atoms with E-state index in [-0.39, 0.29) is 10.9 Å². The molecule has 1 amide bonds. The summed E-state index contributed by atoms with van der Waals surface area (Å²) in [5, 5.41) is 3.59. The zero-order valence-electron chi connectivity index (χ0n) is 11.0. The molecule has 104 valence electrons. The smallest absolute Gasteiger partial charge is 0.259 e. The maximum Gasteiger partial charge on any atom is 0.259 e. The molecule has 0 aliphatic carbocycles. The van der Waals surface area contributed by atoms with Gasteiger partial charge in [-0.2, -0.15) is 0 Å². The molecule has 0 radical (unpaired) electrons. The van der Waals surface area contributed by atoms with Crippen LogP contribution in [0.3, 0.4) is 0 Å². The zero-order chi connectivity index (χ0) is 14.8. The van der Waals surface area contributed by atoms with Gasteiger partial charge in [0.2, 0.25) is 0 Å². The molecule has 3 rings (SSSR count). The summed E-state index contributed by atoms with van der Waals surface area (Å²) in [6, 6.07) is 14.5. The molecule has 0 aliphatic rings. The number of carbonyl (C=O) groups is 1. The summed E-state index contributed by atoms with van der Waals surface area (Å²) in [6.45, 7) is 0. The third-order valence-electron chi connectivity index (χ3n) is 3.17. The van der Waals surface area contributed by atoms with Gasteiger partial charge in [0.15, 0.2) is 0 Å². The summed E-state index contributed by atoms with van der Waals surface area (Å²) in [6.07, 6.45) is 1.45. The highest BCUT2D eigenvalue weighted by Gasteiger charge is 2.15. The topological polar surface area (TPSA) is 68.3 Å². The van der Waals surface area contributed by atoms with Crippen LogP contribution >= 0.6 is 12.2 Å². The Labute approximate surface area is 126 Å². The van der Waals surface area contributed by atoms with Gasteiger partial charge < -0.3 is 15.5 Å². The number of nitrogens with one attached hydrogen (secondary N) is 1. The van der Waals surface area contributed by atoms with Crippen molar-refractivity contribution >= 4 is 39.8 Å². The second-order valence-corrected chi connectivity index (χ2v) is 4.95. The lowest BCUT2D eigenvalue weighted by Gasteiger charge is -2.09. The molecule has 3 N–H and O–H groups in total. The number of fused-ring (bicyclic) bond motifs is 1.